The number of para-hydroxylation sites is 2. The number of amides is 1. The molecule has 2 aromatic rings. The predicted molar refractivity (Wildman–Crippen MR) is 99.4 cm³/mol. The summed E-state index contributed by atoms with van der Waals surface area (Å²) in [5, 5.41) is 0.855. The molecular formula is C18H25N3O2S. The molecule has 0 aliphatic heterocycles. The van der Waals surface area contributed by atoms with Gasteiger partial charge in [-0.3, -0.25) is 4.79 Å². The number of rotatable bonds is 9. The van der Waals surface area contributed by atoms with Crippen molar-refractivity contribution in [2.75, 3.05) is 32.6 Å². The number of aromatic nitrogens is 2. The predicted octanol–water partition coefficient (Wildman–Crippen LogP) is 3.20. The summed E-state index contributed by atoms with van der Waals surface area (Å²) >= 11 is 1.48. The number of nitrogens with zero attached hydrogens (tertiary/aromatic N) is 3. The molecule has 0 bridgehead atoms. The largest absolute Gasteiger partial charge is 0.383 e. The average Bonchev–Trinajstić information content (AvgIpc) is 2.93. The number of imidazole rings is 1. The molecule has 0 N–H and O–H groups in total. The second-order valence-corrected chi connectivity index (χ2v) is 6.62. The number of hydrogen-bond donors (Lipinski definition) is 0. The molecule has 5 nitrogen and oxygen atoms in total. The molecule has 2 rings (SSSR count). The Balaban J connectivity index is 2.13. The quantitative estimate of drug-likeness (QED) is 0.516. The number of benzene rings is 1. The Morgan fingerprint density at radius 3 is 2.83 bits per heavy atom. The van der Waals surface area contributed by atoms with Gasteiger partial charge >= 0.3 is 0 Å². The molecule has 0 saturated carbocycles. The lowest BCUT2D eigenvalue weighted by Gasteiger charge is -2.20. The Kier molecular flexibility index (Phi) is 6.87. The molecule has 1 aromatic heterocycles. The molecule has 130 valence electrons. The zero-order chi connectivity index (χ0) is 17.5. The van der Waals surface area contributed by atoms with E-state index in [0.29, 0.717) is 25.4 Å². The Hall–Kier alpha value is -1.79. The van der Waals surface area contributed by atoms with Gasteiger partial charge in [0.2, 0.25) is 5.91 Å². The maximum atomic E-state index is 12.4. The van der Waals surface area contributed by atoms with Crippen LogP contribution in [0.15, 0.2) is 41.6 Å². The second kappa shape index (κ2) is 8.89. The Bertz CT molecular complexity index is 711. The fourth-order valence-corrected chi connectivity index (χ4v) is 3.43. The third-order valence-electron chi connectivity index (χ3n) is 3.66. The van der Waals surface area contributed by atoms with Crippen molar-refractivity contribution in [3.05, 3.63) is 36.4 Å². The van der Waals surface area contributed by atoms with Crippen LogP contribution in [-0.2, 0) is 16.1 Å². The molecular weight excluding hydrogens is 322 g/mol. The summed E-state index contributed by atoms with van der Waals surface area (Å²) in [5.41, 5.74) is 3.00. The van der Waals surface area contributed by atoms with Crippen LogP contribution in [0.3, 0.4) is 0 Å². The van der Waals surface area contributed by atoms with Crippen LogP contribution in [0.5, 0.6) is 0 Å². The molecule has 6 heteroatoms. The molecule has 1 aromatic carbocycles. The van der Waals surface area contributed by atoms with Crippen molar-refractivity contribution in [2.24, 2.45) is 0 Å². The van der Waals surface area contributed by atoms with Gasteiger partial charge in [0.1, 0.15) is 0 Å². The molecule has 0 fully saturated rings. The van der Waals surface area contributed by atoms with Crippen molar-refractivity contribution < 1.29 is 9.53 Å². The molecule has 24 heavy (non-hydrogen) atoms. The summed E-state index contributed by atoms with van der Waals surface area (Å²) in [7, 11) is 1.69. The lowest BCUT2D eigenvalue weighted by Crippen LogP contribution is -2.33. The van der Waals surface area contributed by atoms with E-state index in [0.717, 1.165) is 28.3 Å². The summed E-state index contributed by atoms with van der Waals surface area (Å²) in [6.07, 6.45) is 0. The van der Waals surface area contributed by atoms with Crippen LogP contribution >= 0.6 is 11.8 Å². The molecule has 1 amide bonds. The third-order valence-corrected chi connectivity index (χ3v) is 4.62. The number of carbonyl (C=O) groups excluding carboxylic acids is 1. The molecule has 0 aliphatic rings. The van der Waals surface area contributed by atoms with E-state index in [4.69, 9.17) is 4.74 Å². The van der Waals surface area contributed by atoms with E-state index in [9.17, 15) is 4.79 Å². The van der Waals surface area contributed by atoms with Crippen LogP contribution in [-0.4, -0.2) is 52.9 Å². The van der Waals surface area contributed by atoms with Crippen molar-refractivity contribution in [3.63, 3.8) is 0 Å². The van der Waals surface area contributed by atoms with E-state index in [1.54, 1.807) is 7.11 Å². The maximum Gasteiger partial charge on any atom is 0.233 e. The Morgan fingerprint density at radius 2 is 2.17 bits per heavy atom. The Labute approximate surface area is 147 Å². The standard InChI is InChI=1S/C18H25N3O2S/c1-5-20(12-14(2)3)17(22)13-24-18-19-15-8-6-7-9-16(15)21(18)10-11-23-4/h6-9H,2,5,10-13H2,1,3-4H3. The molecule has 0 unspecified atom stereocenters. The number of thioether (sulfide) groups is 1. The minimum atomic E-state index is 0.107. The molecule has 0 spiro atoms. The number of likely N-dealkylation sites (N-methyl/N-ethyl adjacent to an activating group) is 1. The van der Waals surface area contributed by atoms with Crippen molar-refractivity contribution in [1.29, 1.82) is 0 Å². The molecule has 0 saturated heterocycles. The van der Waals surface area contributed by atoms with Crippen LogP contribution < -0.4 is 0 Å². The van der Waals surface area contributed by atoms with Gasteiger partial charge in [-0.05, 0) is 26.0 Å². The van der Waals surface area contributed by atoms with Crippen LogP contribution in [0.25, 0.3) is 11.0 Å². The highest BCUT2D eigenvalue weighted by Crippen LogP contribution is 2.24. The van der Waals surface area contributed by atoms with Gasteiger partial charge in [0, 0.05) is 26.7 Å². The smallest absolute Gasteiger partial charge is 0.233 e. The number of fused-ring (bicyclic) bond motifs is 1. The van der Waals surface area contributed by atoms with Crippen LogP contribution in [0.1, 0.15) is 13.8 Å². The van der Waals surface area contributed by atoms with Gasteiger partial charge in [-0.2, -0.15) is 0 Å². The van der Waals surface area contributed by atoms with Gasteiger partial charge in [-0.25, -0.2) is 4.98 Å². The molecule has 0 aliphatic carbocycles. The molecule has 0 radical (unpaired) electrons. The van der Waals surface area contributed by atoms with E-state index >= 15 is 0 Å². The number of methoxy groups -OCH3 is 1. The summed E-state index contributed by atoms with van der Waals surface area (Å²) in [6, 6.07) is 8.01. The van der Waals surface area contributed by atoms with Gasteiger partial charge in [0.25, 0.3) is 0 Å². The summed E-state index contributed by atoms with van der Waals surface area (Å²) in [5.74, 6) is 0.480. The van der Waals surface area contributed by atoms with Crippen LogP contribution in [0.2, 0.25) is 0 Å². The number of hydrogen-bond acceptors (Lipinski definition) is 4. The number of carbonyl (C=O) groups is 1. The zero-order valence-corrected chi connectivity index (χ0v) is 15.4. The lowest BCUT2D eigenvalue weighted by molar-refractivity contribution is -0.127. The first-order valence-electron chi connectivity index (χ1n) is 8.06. The number of ether oxygens (including phenoxy) is 1. The van der Waals surface area contributed by atoms with E-state index in [2.05, 4.69) is 16.1 Å². The highest BCUT2D eigenvalue weighted by molar-refractivity contribution is 7.99. The SMILES string of the molecule is C=C(C)CN(CC)C(=O)CSc1nc2ccccc2n1CCOC. The lowest BCUT2D eigenvalue weighted by atomic mass is 10.3. The van der Waals surface area contributed by atoms with Gasteiger partial charge in [-0.15, -0.1) is 0 Å². The van der Waals surface area contributed by atoms with E-state index in [1.165, 1.54) is 11.8 Å². The van der Waals surface area contributed by atoms with Crippen LogP contribution in [0, 0.1) is 0 Å². The summed E-state index contributed by atoms with van der Waals surface area (Å²) in [4.78, 5) is 18.9. The third kappa shape index (κ3) is 4.61. The second-order valence-electron chi connectivity index (χ2n) is 5.68. The fraction of sp³-hybridized carbons (Fsp3) is 0.444. The summed E-state index contributed by atoms with van der Waals surface area (Å²) in [6.45, 7) is 10.4. The van der Waals surface area contributed by atoms with Gasteiger partial charge in [0.15, 0.2) is 5.16 Å². The summed E-state index contributed by atoms with van der Waals surface area (Å²) < 4.78 is 7.32. The van der Waals surface area contributed by atoms with Gasteiger partial charge in [-0.1, -0.05) is 36.0 Å². The van der Waals surface area contributed by atoms with Gasteiger partial charge in [0.05, 0.1) is 23.4 Å². The highest BCUT2D eigenvalue weighted by atomic mass is 32.2. The van der Waals surface area contributed by atoms with Crippen molar-refractivity contribution in [1.82, 2.24) is 14.5 Å². The Morgan fingerprint density at radius 1 is 1.42 bits per heavy atom. The minimum Gasteiger partial charge on any atom is -0.383 e. The monoisotopic (exact) mass is 347 g/mol. The average molecular weight is 347 g/mol. The highest BCUT2D eigenvalue weighted by Gasteiger charge is 2.16. The maximum absolute atomic E-state index is 12.4. The first-order chi connectivity index (χ1) is 11.6. The van der Waals surface area contributed by atoms with Crippen LogP contribution in [0.4, 0.5) is 0 Å². The normalized spacial score (nSPS) is 11.0. The van der Waals surface area contributed by atoms with Crippen molar-refractivity contribution in [3.8, 4) is 0 Å². The van der Waals surface area contributed by atoms with Gasteiger partial charge < -0.3 is 14.2 Å². The van der Waals surface area contributed by atoms with Crippen molar-refractivity contribution >= 4 is 28.7 Å². The topological polar surface area (TPSA) is 47.4 Å². The minimum absolute atomic E-state index is 0.107. The first-order valence-corrected chi connectivity index (χ1v) is 9.04. The van der Waals surface area contributed by atoms with E-state index in [1.807, 2.05) is 43.0 Å². The molecule has 1 heterocycles. The van der Waals surface area contributed by atoms with E-state index < -0.39 is 0 Å². The first kappa shape index (κ1) is 18.5. The van der Waals surface area contributed by atoms with E-state index in [-0.39, 0.29) is 5.91 Å². The molecule has 0 atom stereocenters. The fourth-order valence-electron chi connectivity index (χ4n) is 2.48. The van der Waals surface area contributed by atoms with Crippen molar-refractivity contribution in [2.45, 2.75) is 25.5 Å². The zero-order valence-electron chi connectivity index (χ0n) is 14.6.